The van der Waals surface area contributed by atoms with Crippen molar-refractivity contribution in [3.05, 3.63) is 83.7 Å². The molecule has 0 saturated heterocycles. The first-order chi connectivity index (χ1) is 14.5. The smallest absolute Gasteiger partial charge is 0.289 e. The molecule has 0 spiro atoms. The molecule has 0 fully saturated rings. The van der Waals surface area contributed by atoms with Gasteiger partial charge in [-0.05, 0) is 23.8 Å². The van der Waals surface area contributed by atoms with E-state index < -0.39 is 0 Å². The van der Waals surface area contributed by atoms with Gasteiger partial charge in [-0.2, -0.15) is 0 Å². The molecule has 0 aliphatic carbocycles. The molecular weight excluding hydrogens is 382 g/mol. The predicted molar refractivity (Wildman–Crippen MR) is 111 cm³/mol. The fourth-order valence-corrected chi connectivity index (χ4v) is 3.05. The number of hydrogen-bond acceptors (Lipinski definition) is 5. The van der Waals surface area contributed by atoms with Gasteiger partial charge in [0.2, 0.25) is 0 Å². The summed E-state index contributed by atoms with van der Waals surface area (Å²) in [6.07, 6.45) is 3.25. The number of nitrogens with zero attached hydrogens (tertiary/aromatic N) is 4. The molecule has 4 aromatic rings. The molecule has 3 aromatic heterocycles. The van der Waals surface area contributed by atoms with Gasteiger partial charge in [0.05, 0.1) is 25.0 Å². The minimum Gasteiger partial charge on any atom is -0.454 e. The van der Waals surface area contributed by atoms with Crippen LogP contribution in [0.2, 0.25) is 0 Å². The lowest BCUT2D eigenvalue weighted by Crippen LogP contribution is -2.23. The number of imidazole rings is 1. The van der Waals surface area contributed by atoms with Gasteiger partial charge in [-0.15, -0.1) is 0 Å². The maximum atomic E-state index is 12.5. The van der Waals surface area contributed by atoms with Gasteiger partial charge in [0.15, 0.2) is 11.4 Å². The highest BCUT2D eigenvalue weighted by molar-refractivity contribution is 5.96. The zero-order valence-corrected chi connectivity index (χ0v) is 16.7. The second-order valence-corrected chi connectivity index (χ2v) is 7.07. The number of carbonyl (C=O) groups excluding carboxylic acids is 2. The number of furan rings is 1. The van der Waals surface area contributed by atoms with Crippen LogP contribution in [0.5, 0.6) is 0 Å². The summed E-state index contributed by atoms with van der Waals surface area (Å²) >= 11 is 0. The number of benzene rings is 1. The first-order valence-electron chi connectivity index (χ1n) is 9.44. The molecular formula is C22H21N5O3. The molecule has 8 heteroatoms. The molecule has 0 bridgehead atoms. The summed E-state index contributed by atoms with van der Waals surface area (Å²) in [6.45, 7) is 0.822. The molecule has 2 amide bonds. The molecule has 0 radical (unpaired) electrons. The minimum atomic E-state index is -0.293. The molecule has 152 valence electrons. The normalized spacial score (nSPS) is 10.9. The molecule has 8 nitrogen and oxygen atoms in total. The van der Waals surface area contributed by atoms with E-state index in [1.807, 2.05) is 34.9 Å². The van der Waals surface area contributed by atoms with Crippen LogP contribution in [0.25, 0.3) is 11.2 Å². The van der Waals surface area contributed by atoms with E-state index in [1.54, 1.807) is 38.6 Å². The molecule has 3 heterocycles. The lowest BCUT2D eigenvalue weighted by Gasteiger charge is -2.07. The molecule has 30 heavy (non-hydrogen) atoms. The Hall–Kier alpha value is -3.94. The number of carbonyl (C=O) groups is 2. The molecule has 1 aromatic carbocycles. The monoisotopic (exact) mass is 403 g/mol. The van der Waals surface area contributed by atoms with E-state index in [4.69, 9.17) is 4.42 Å². The second kappa shape index (κ2) is 8.20. The third kappa shape index (κ3) is 4.07. The Bertz CT molecular complexity index is 1190. The van der Waals surface area contributed by atoms with E-state index in [2.05, 4.69) is 15.3 Å². The third-order valence-corrected chi connectivity index (χ3v) is 4.62. The molecule has 0 aliphatic rings. The van der Waals surface area contributed by atoms with E-state index in [0.29, 0.717) is 29.0 Å². The first-order valence-corrected chi connectivity index (χ1v) is 9.44. The van der Waals surface area contributed by atoms with E-state index in [9.17, 15) is 9.59 Å². The fourth-order valence-electron chi connectivity index (χ4n) is 3.05. The fraction of sp³-hybridized carbons (Fsp3) is 0.182. The summed E-state index contributed by atoms with van der Waals surface area (Å²) in [5, 5.41) is 2.78. The van der Waals surface area contributed by atoms with Crippen LogP contribution >= 0.6 is 0 Å². The van der Waals surface area contributed by atoms with Gasteiger partial charge >= 0.3 is 0 Å². The second-order valence-electron chi connectivity index (χ2n) is 7.07. The van der Waals surface area contributed by atoms with Gasteiger partial charge in [-0.25, -0.2) is 9.97 Å². The first kappa shape index (κ1) is 19.4. The molecule has 0 unspecified atom stereocenters. The van der Waals surface area contributed by atoms with Crippen LogP contribution in [0, 0.1) is 0 Å². The predicted octanol–water partition coefficient (Wildman–Crippen LogP) is 2.70. The number of nitrogens with one attached hydrogen (secondary N) is 1. The molecule has 4 rings (SSSR count). The standard InChI is InChI=1S/C22H21N5O3/c1-26(2)22(29)19-9-8-17(30-19)12-24-21(28)16-10-18-20(23-11-16)27(14-25-18)13-15-6-4-3-5-7-15/h3-11,14H,12-13H2,1-2H3,(H,24,28). The molecule has 0 aliphatic heterocycles. The number of rotatable bonds is 6. The summed E-state index contributed by atoms with van der Waals surface area (Å²) in [6, 6.07) is 15.0. The van der Waals surface area contributed by atoms with Gasteiger partial charge in [0.25, 0.3) is 11.8 Å². The van der Waals surface area contributed by atoms with E-state index >= 15 is 0 Å². The zero-order chi connectivity index (χ0) is 21.1. The largest absolute Gasteiger partial charge is 0.454 e. The highest BCUT2D eigenvalue weighted by atomic mass is 16.4. The zero-order valence-electron chi connectivity index (χ0n) is 16.7. The van der Waals surface area contributed by atoms with Crippen molar-refractivity contribution in [1.82, 2.24) is 24.8 Å². The third-order valence-electron chi connectivity index (χ3n) is 4.62. The Morgan fingerprint density at radius 1 is 1.10 bits per heavy atom. The van der Waals surface area contributed by atoms with Crippen LogP contribution in [0.1, 0.15) is 32.2 Å². The van der Waals surface area contributed by atoms with Crippen molar-refractivity contribution in [2.24, 2.45) is 0 Å². The lowest BCUT2D eigenvalue weighted by molar-refractivity contribution is 0.0794. The number of fused-ring (bicyclic) bond motifs is 1. The van der Waals surface area contributed by atoms with Crippen molar-refractivity contribution in [2.45, 2.75) is 13.1 Å². The lowest BCUT2D eigenvalue weighted by atomic mass is 10.2. The Morgan fingerprint density at radius 2 is 1.90 bits per heavy atom. The van der Waals surface area contributed by atoms with E-state index in [0.717, 1.165) is 5.56 Å². The quantitative estimate of drug-likeness (QED) is 0.534. The Labute approximate surface area is 173 Å². The van der Waals surface area contributed by atoms with Crippen LogP contribution in [-0.4, -0.2) is 45.3 Å². The van der Waals surface area contributed by atoms with Crippen molar-refractivity contribution < 1.29 is 14.0 Å². The van der Waals surface area contributed by atoms with Crippen LogP contribution in [-0.2, 0) is 13.1 Å². The topological polar surface area (TPSA) is 93.3 Å². The van der Waals surface area contributed by atoms with Crippen molar-refractivity contribution >= 4 is 23.0 Å². The maximum Gasteiger partial charge on any atom is 0.289 e. The average molecular weight is 403 g/mol. The number of aromatic nitrogens is 3. The van der Waals surface area contributed by atoms with Crippen LogP contribution < -0.4 is 5.32 Å². The van der Waals surface area contributed by atoms with Gasteiger partial charge in [0, 0.05) is 20.3 Å². The Kier molecular flexibility index (Phi) is 5.30. The van der Waals surface area contributed by atoms with Crippen molar-refractivity contribution in [2.75, 3.05) is 14.1 Å². The number of pyridine rings is 1. The maximum absolute atomic E-state index is 12.5. The summed E-state index contributed by atoms with van der Waals surface area (Å²) < 4.78 is 7.43. The van der Waals surface area contributed by atoms with Gasteiger partial charge in [-0.1, -0.05) is 30.3 Å². The summed E-state index contributed by atoms with van der Waals surface area (Å²) in [5.74, 6) is 0.207. The van der Waals surface area contributed by atoms with E-state index in [-0.39, 0.29) is 24.1 Å². The van der Waals surface area contributed by atoms with Crippen LogP contribution in [0.3, 0.4) is 0 Å². The Balaban J connectivity index is 1.43. The molecule has 0 atom stereocenters. The Morgan fingerprint density at radius 3 is 2.67 bits per heavy atom. The SMILES string of the molecule is CN(C)C(=O)c1ccc(CNC(=O)c2cnc3c(c2)ncn3Cc2ccccc2)o1. The van der Waals surface area contributed by atoms with Gasteiger partial charge in [-0.3, -0.25) is 9.59 Å². The van der Waals surface area contributed by atoms with Crippen molar-refractivity contribution in [3.63, 3.8) is 0 Å². The highest BCUT2D eigenvalue weighted by Gasteiger charge is 2.15. The summed E-state index contributed by atoms with van der Waals surface area (Å²) in [7, 11) is 3.30. The van der Waals surface area contributed by atoms with Crippen molar-refractivity contribution in [1.29, 1.82) is 0 Å². The number of amides is 2. The average Bonchev–Trinajstić information content (AvgIpc) is 3.39. The summed E-state index contributed by atoms with van der Waals surface area (Å²) in [5.41, 5.74) is 2.92. The summed E-state index contributed by atoms with van der Waals surface area (Å²) in [4.78, 5) is 34.6. The van der Waals surface area contributed by atoms with E-state index in [1.165, 1.54) is 11.1 Å². The number of hydrogen-bond donors (Lipinski definition) is 1. The van der Waals surface area contributed by atoms with Crippen LogP contribution in [0.15, 0.2) is 65.5 Å². The highest BCUT2D eigenvalue weighted by Crippen LogP contribution is 2.15. The molecule has 1 N–H and O–H groups in total. The van der Waals surface area contributed by atoms with Gasteiger partial charge in [0.1, 0.15) is 11.3 Å². The van der Waals surface area contributed by atoms with Crippen LogP contribution in [0.4, 0.5) is 0 Å². The van der Waals surface area contributed by atoms with Gasteiger partial charge < -0.3 is 19.2 Å². The minimum absolute atomic E-state index is 0.167. The molecule has 0 saturated carbocycles. The van der Waals surface area contributed by atoms with Crippen molar-refractivity contribution in [3.8, 4) is 0 Å².